The molecule has 0 amide bonds. The molecule has 0 atom stereocenters. The van der Waals surface area contributed by atoms with Gasteiger partial charge in [0.25, 0.3) is 0 Å². The number of hydrogen-bond acceptors (Lipinski definition) is 2. The SMILES string of the molecule is CCN/C(=N\O)c1ccc(C)cc1. The Labute approximate surface area is 78.1 Å². The molecule has 2 N–H and O–H groups in total. The fourth-order valence-electron chi connectivity index (χ4n) is 1.07. The first-order valence-electron chi connectivity index (χ1n) is 4.31. The van der Waals surface area contributed by atoms with Gasteiger partial charge in [-0.15, -0.1) is 0 Å². The standard InChI is InChI=1S/C10H14N2O/c1-3-11-10(12-13)9-6-4-8(2)5-7-9/h4-7,13H,3H2,1-2H3,(H,11,12). The van der Waals surface area contributed by atoms with E-state index in [0.29, 0.717) is 5.84 Å². The topological polar surface area (TPSA) is 44.6 Å². The summed E-state index contributed by atoms with van der Waals surface area (Å²) >= 11 is 0. The zero-order valence-electron chi connectivity index (χ0n) is 7.91. The Morgan fingerprint density at radius 3 is 2.46 bits per heavy atom. The van der Waals surface area contributed by atoms with E-state index >= 15 is 0 Å². The predicted molar refractivity (Wildman–Crippen MR) is 53.2 cm³/mol. The van der Waals surface area contributed by atoms with Gasteiger partial charge in [-0.2, -0.15) is 0 Å². The van der Waals surface area contributed by atoms with Gasteiger partial charge in [0, 0.05) is 12.1 Å². The second-order valence-corrected chi connectivity index (χ2v) is 2.84. The second kappa shape index (κ2) is 4.50. The maximum atomic E-state index is 8.71. The molecule has 0 radical (unpaired) electrons. The summed E-state index contributed by atoms with van der Waals surface area (Å²) in [6, 6.07) is 7.82. The third-order valence-electron chi connectivity index (χ3n) is 1.77. The molecule has 1 rings (SSSR count). The summed E-state index contributed by atoms with van der Waals surface area (Å²) in [5, 5.41) is 14.9. The fourth-order valence-corrected chi connectivity index (χ4v) is 1.07. The van der Waals surface area contributed by atoms with Gasteiger partial charge in [-0.05, 0) is 13.8 Å². The molecule has 0 bridgehead atoms. The molecule has 1 aromatic carbocycles. The van der Waals surface area contributed by atoms with Crippen LogP contribution in [0.5, 0.6) is 0 Å². The maximum absolute atomic E-state index is 8.71. The maximum Gasteiger partial charge on any atom is 0.172 e. The van der Waals surface area contributed by atoms with Crippen LogP contribution < -0.4 is 5.32 Å². The van der Waals surface area contributed by atoms with Crippen molar-refractivity contribution in [1.82, 2.24) is 5.32 Å². The van der Waals surface area contributed by atoms with Crippen molar-refractivity contribution in [3.63, 3.8) is 0 Å². The van der Waals surface area contributed by atoms with Crippen LogP contribution in [0.15, 0.2) is 29.4 Å². The molecule has 0 fully saturated rings. The van der Waals surface area contributed by atoms with Crippen molar-refractivity contribution in [1.29, 1.82) is 0 Å². The minimum absolute atomic E-state index is 0.516. The van der Waals surface area contributed by atoms with Crippen molar-refractivity contribution in [2.45, 2.75) is 13.8 Å². The minimum atomic E-state index is 0.516. The van der Waals surface area contributed by atoms with E-state index in [9.17, 15) is 0 Å². The van der Waals surface area contributed by atoms with Gasteiger partial charge in [-0.1, -0.05) is 35.0 Å². The van der Waals surface area contributed by atoms with Crippen LogP contribution in [0.25, 0.3) is 0 Å². The number of nitrogens with zero attached hydrogens (tertiary/aromatic N) is 1. The zero-order valence-corrected chi connectivity index (χ0v) is 7.91. The van der Waals surface area contributed by atoms with Gasteiger partial charge in [0.2, 0.25) is 0 Å². The van der Waals surface area contributed by atoms with E-state index in [4.69, 9.17) is 5.21 Å². The second-order valence-electron chi connectivity index (χ2n) is 2.84. The first-order valence-corrected chi connectivity index (χ1v) is 4.31. The Hall–Kier alpha value is -1.51. The average Bonchev–Trinajstić information content (AvgIpc) is 2.16. The van der Waals surface area contributed by atoms with E-state index in [2.05, 4.69) is 10.5 Å². The first kappa shape index (κ1) is 9.58. The third kappa shape index (κ3) is 2.47. The molecule has 0 aromatic heterocycles. The average molecular weight is 178 g/mol. The van der Waals surface area contributed by atoms with Crippen LogP contribution in [0.3, 0.4) is 0 Å². The summed E-state index contributed by atoms with van der Waals surface area (Å²) in [7, 11) is 0. The van der Waals surface area contributed by atoms with Gasteiger partial charge < -0.3 is 10.5 Å². The lowest BCUT2D eigenvalue weighted by Gasteiger charge is -2.05. The van der Waals surface area contributed by atoms with Gasteiger partial charge in [0.05, 0.1) is 0 Å². The predicted octanol–water partition coefficient (Wildman–Crippen LogP) is 1.74. The molecular weight excluding hydrogens is 164 g/mol. The van der Waals surface area contributed by atoms with E-state index < -0.39 is 0 Å². The van der Waals surface area contributed by atoms with Gasteiger partial charge in [0.15, 0.2) is 5.84 Å². The molecule has 0 saturated carbocycles. The lowest BCUT2D eigenvalue weighted by molar-refractivity contribution is 0.317. The molecule has 13 heavy (non-hydrogen) atoms. The van der Waals surface area contributed by atoms with Crippen LogP contribution in [0.1, 0.15) is 18.1 Å². The molecule has 70 valence electrons. The van der Waals surface area contributed by atoms with Crippen molar-refractivity contribution in [3.8, 4) is 0 Å². The number of nitrogens with one attached hydrogen (secondary N) is 1. The molecule has 0 unspecified atom stereocenters. The zero-order chi connectivity index (χ0) is 9.68. The van der Waals surface area contributed by atoms with E-state index in [0.717, 1.165) is 12.1 Å². The molecule has 3 heteroatoms. The van der Waals surface area contributed by atoms with E-state index in [1.807, 2.05) is 38.1 Å². The lowest BCUT2D eigenvalue weighted by atomic mass is 10.1. The highest BCUT2D eigenvalue weighted by Gasteiger charge is 2.00. The largest absolute Gasteiger partial charge is 0.409 e. The molecule has 0 aliphatic carbocycles. The van der Waals surface area contributed by atoms with Gasteiger partial charge in [-0.25, -0.2) is 0 Å². The minimum Gasteiger partial charge on any atom is -0.409 e. The van der Waals surface area contributed by atoms with E-state index in [1.54, 1.807) is 0 Å². The fraction of sp³-hybridized carbons (Fsp3) is 0.300. The van der Waals surface area contributed by atoms with Crippen LogP contribution in [0.2, 0.25) is 0 Å². The monoisotopic (exact) mass is 178 g/mol. The molecule has 0 saturated heterocycles. The van der Waals surface area contributed by atoms with Crippen LogP contribution in [-0.2, 0) is 0 Å². The van der Waals surface area contributed by atoms with Crippen LogP contribution >= 0.6 is 0 Å². The summed E-state index contributed by atoms with van der Waals surface area (Å²) in [5.41, 5.74) is 2.09. The number of hydrogen-bond donors (Lipinski definition) is 2. The van der Waals surface area contributed by atoms with Crippen molar-refractivity contribution in [3.05, 3.63) is 35.4 Å². The number of rotatable bonds is 2. The Morgan fingerprint density at radius 1 is 1.38 bits per heavy atom. The third-order valence-corrected chi connectivity index (χ3v) is 1.77. The summed E-state index contributed by atoms with van der Waals surface area (Å²) in [6.07, 6.45) is 0. The lowest BCUT2D eigenvalue weighted by Crippen LogP contribution is -2.23. The Balaban J connectivity index is 2.87. The summed E-state index contributed by atoms with van der Waals surface area (Å²) in [5.74, 6) is 0.516. The molecule has 0 aliphatic heterocycles. The van der Waals surface area contributed by atoms with E-state index in [1.165, 1.54) is 5.56 Å². The summed E-state index contributed by atoms with van der Waals surface area (Å²) in [6.45, 7) is 4.72. The van der Waals surface area contributed by atoms with Crippen LogP contribution in [-0.4, -0.2) is 17.6 Å². The highest BCUT2D eigenvalue weighted by molar-refractivity contribution is 5.98. The van der Waals surface area contributed by atoms with Crippen molar-refractivity contribution < 1.29 is 5.21 Å². The molecule has 0 aliphatic rings. The normalized spacial score (nSPS) is 11.4. The smallest absolute Gasteiger partial charge is 0.172 e. The summed E-state index contributed by atoms with van der Waals surface area (Å²) in [4.78, 5) is 0. The van der Waals surface area contributed by atoms with Gasteiger partial charge in [0.1, 0.15) is 0 Å². The van der Waals surface area contributed by atoms with Gasteiger partial charge >= 0.3 is 0 Å². The quantitative estimate of drug-likeness (QED) is 0.313. The Bertz CT molecular complexity index is 290. The highest BCUT2D eigenvalue weighted by atomic mass is 16.4. The number of amidine groups is 1. The van der Waals surface area contributed by atoms with Crippen LogP contribution in [0.4, 0.5) is 0 Å². The number of benzene rings is 1. The first-order chi connectivity index (χ1) is 6.27. The van der Waals surface area contributed by atoms with Crippen molar-refractivity contribution in [2.75, 3.05) is 6.54 Å². The number of aryl methyl sites for hydroxylation is 1. The van der Waals surface area contributed by atoms with Crippen molar-refractivity contribution >= 4 is 5.84 Å². The van der Waals surface area contributed by atoms with E-state index in [-0.39, 0.29) is 0 Å². The van der Waals surface area contributed by atoms with Crippen LogP contribution in [0, 0.1) is 6.92 Å². The molecule has 0 spiro atoms. The Morgan fingerprint density at radius 2 is 2.00 bits per heavy atom. The molecule has 1 aromatic rings. The molecule has 3 nitrogen and oxygen atoms in total. The van der Waals surface area contributed by atoms with Gasteiger partial charge in [-0.3, -0.25) is 0 Å². The number of oxime groups is 1. The molecule has 0 heterocycles. The van der Waals surface area contributed by atoms with Crippen molar-refractivity contribution in [2.24, 2.45) is 5.16 Å². The highest BCUT2D eigenvalue weighted by Crippen LogP contribution is 2.03. The molecular formula is C10H14N2O. The Kier molecular flexibility index (Phi) is 3.31. The summed E-state index contributed by atoms with van der Waals surface area (Å²) < 4.78 is 0.